The highest BCUT2D eigenvalue weighted by Crippen LogP contribution is 2.30. The van der Waals surface area contributed by atoms with E-state index in [4.69, 9.17) is 8.83 Å². The van der Waals surface area contributed by atoms with Gasteiger partial charge in [0.2, 0.25) is 0 Å². The number of furan rings is 1. The van der Waals surface area contributed by atoms with Crippen molar-refractivity contribution in [3.05, 3.63) is 42.0 Å². The number of hydrogen-bond donors (Lipinski definition) is 1. The highest BCUT2D eigenvalue weighted by molar-refractivity contribution is 5.28. The molecule has 0 saturated heterocycles. The molecule has 1 N–H and O–H groups in total. The van der Waals surface area contributed by atoms with E-state index < -0.39 is 5.60 Å². The number of hydrogen-bond acceptors (Lipinski definition) is 4. The van der Waals surface area contributed by atoms with Crippen molar-refractivity contribution >= 4 is 0 Å². The molecular weight excluding hydrogens is 182 g/mol. The fourth-order valence-corrected chi connectivity index (χ4v) is 1.44. The maximum atomic E-state index is 10.2. The van der Waals surface area contributed by atoms with Crippen molar-refractivity contribution in [2.45, 2.75) is 19.4 Å². The molecule has 0 aliphatic carbocycles. The molecule has 4 nitrogen and oxygen atoms in total. The van der Waals surface area contributed by atoms with E-state index in [1.807, 2.05) is 0 Å². The van der Waals surface area contributed by atoms with Gasteiger partial charge in [-0.25, -0.2) is 4.98 Å². The van der Waals surface area contributed by atoms with Gasteiger partial charge in [-0.2, -0.15) is 0 Å². The van der Waals surface area contributed by atoms with Crippen LogP contribution in [0.15, 0.2) is 33.8 Å². The summed E-state index contributed by atoms with van der Waals surface area (Å²) in [6.07, 6.45) is 4.32. The molecule has 2 aromatic rings. The molecule has 0 bridgehead atoms. The molecule has 0 aromatic carbocycles. The Morgan fingerprint density at radius 1 is 1.50 bits per heavy atom. The molecule has 0 fully saturated rings. The van der Waals surface area contributed by atoms with Gasteiger partial charge in [0.25, 0.3) is 0 Å². The highest BCUT2D eigenvalue weighted by Gasteiger charge is 2.32. The van der Waals surface area contributed by atoms with Crippen molar-refractivity contribution in [1.82, 2.24) is 4.98 Å². The summed E-state index contributed by atoms with van der Waals surface area (Å²) in [5.74, 6) is 0.443. The molecule has 2 aromatic heterocycles. The van der Waals surface area contributed by atoms with E-state index in [0.717, 1.165) is 0 Å². The molecule has 4 heteroatoms. The second-order valence-corrected chi connectivity index (χ2v) is 3.35. The van der Waals surface area contributed by atoms with Gasteiger partial charge in [-0.05, 0) is 19.9 Å². The van der Waals surface area contributed by atoms with Crippen molar-refractivity contribution in [2.75, 3.05) is 0 Å². The summed E-state index contributed by atoms with van der Waals surface area (Å²) in [5, 5.41) is 10.2. The van der Waals surface area contributed by atoms with E-state index in [-0.39, 0.29) is 0 Å². The van der Waals surface area contributed by atoms with E-state index in [0.29, 0.717) is 17.0 Å². The van der Waals surface area contributed by atoms with E-state index >= 15 is 0 Å². The van der Waals surface area contributed by atoms with Crippen LogP contribution in [-0.2, 0) is 5.60 Å². The second kappa shape index (κ2) is 2.99. The quantitative estimate of drug-likeness (QED) is 0.790. The largest absolute Gasteiger partial charge is 0.472 e. The number of oxazole rings is 1. The molecule has 74 valence electrons. The van der Waals surface area contributed by atoms with Crippen molar-refractivity contribution in [3.8, 4) is 0 Å². The van der Waals surface area contributed by atoms with Gasteiger partial charge in [-0.1, -0.05) is 0 Å². The fourth-order valence-electron chi connectivity index (χ4n) is 1.44. The number of rotatable bonds is 2. The fraction of sp³-hybridized carbons (Fsp3) is 0.300. The zero-order chi connectivity index (χ0) is 10.2. The Morgan fingerprint density at radius 2 is 2.29 bits per heavy atom. The molecule has 2 rings (SSSR count). The standard InChI is InChI=1S/C10H11NO3/c1-7-9(14-6-11-7)10(2,12)8-3-4-13-5-8/h3-6,12H,1-2H3. The first-order valence-corrected chi connectivity index (χ1v) is 4.28. The smallest absolute Gasteiger partial charge is 0.181 e. The van der Waals surface area contributed by atoms with Crippen molar-refractivity contribution in [3.63, 3.8) is 0 Å². The molecule has 0 saturated carbocycles. The van der Waals surface area contributed by atoms with Gasteiger partial charge in [0.1, 0.15) is 5.60 Å². The summed E-state index contributed by atoms with van der Waals surface area (Å²) in [5.41, 5.74) is 0.140. The van der Waals surface area contributed by atoms with Crippen LogP contribution in [-0.4, -0.2) is 10.1 Å². The molecule has 0 radical (unpaired) electrons. The third kappa shape index (κ3) is 1.24. The summed E-state index contributed by atoms with van der Waals surface area (Å²) < 4.78 is 10.1. The molecule has 0 amide bonds. The van der Waals surface area contributed by atoms with Crippen LogP contribution < -0.4 is 0 Å². The molecular formula is C10H11NO3. The average Bonchev–Trinajstić information content (AvgIpc) is 2.72. The highest BCUT2D eigenvalue weighted by atomic mass is 16.4. The number of aryl methyl sites for hydroxylation is 1. The van der Waals surface area contributed by atoms with Crippen LogP contribution in [0.3, 0.4) is 0 Å². The van der Waals surface area contributed by atoms with Gasteiger partial charge >= 0.3 is 0 Å². The summed E-state index contributed by atoms with van der Waals surface area (Å²) in [6.45, 7) is 3.43. The van der Waals surface area contributed by atoms with E-state index in [9.17, 15) is 5.11 Å². The monoisotopic (exact) mass is 193 g/mol. The third-order valence-electron chi connectivity index (χ3n) is 2.27. The Morgan fingerprint density at radius 3 is 2.79 bits per heavy atom. The Bertz CT molecular complexity index is 414. The van der Waals surface area contributed by atoms with Gasteiger partial charge in [0, 0.05) is 5.56 Å². The van der Waals surface area contributed by atoms with Crippen LogP contribution in [0.25, 0.3) is 0 Å². The first-order chi connectivity index (χ1) is 6.62. The Kier molecular flexibility index (Phi) is 1.93. The second-order valence-electron chi connectivity index (χ2n) is 3.35. The minimum Gasteiger partial charge on any atom is -0.472 e. The first-order valence-electron chi connectivity index (χ1n) is 4.28. The van der Waals surface area contributed by atoms with Crippen LogP contribution in [0.4, 0.5) is 0 Å². The van der Waals surface area contributed by atoms with Crippen LogP contribution in [0.1, 0.15) is 23.9 Å². The predicted octanol–water partition coefficient (Wildman–Crippen LogP) is 1.83. The molecule has 1 unspecified atom stereocenters. The normalized spacial score (nSPS) is 15.4. The lowest BCUT2D eigenvalue weighted by Gasteiger charge is -2.18. The number of aromatic nitrogens is 1. The minimum atomic E-state index is -1.19. The molecule has 0 spiro atoms. The average molecular weight is 193 g/mol. The molecule has 0 aliphatic rings. The topological polar surface area (TPSA) is 59.4 Å². The number of aliphatic hydroxyl groups is 1. The molecule has 14 heavy (non-hydrogen) atoms. The minimum absolute atomic E-state index is 0.443. The maximum absolute atomic E-state index is 10.2. The predicted molar refractivity (Wildman–Crippen MR) is 48.6 cm³/mol. The SMILES string of the molecule is Cc1ncoc1C(C)(O)c1ccoc1. The van der Waals surface area contributed by atoms with E-state index in [2.05, 4.69) is 4.98 Å². The summed E-state index contributed by atoms with van der Waals surface area (Å²) in [7, 11) is 0. The van der Waals surface area contributed by atoms with Crippen molar-refractivity contribution in [2.24, 2.45) is 0 Å². The Labute approximate surface area is 81.2 Å². The van der Waals surface area contributed by atoms with E-state index in [1.54, 1.807) is 19.9 Å². The molecule has 0 aliphatic heterocycles. The van der Waals surface area contributed by atoms with Crippen LogP contribution in [0.2, 0.25) is 0 Å². The van der Waals surface area contributed by atoms with Crippen LogP contribution in [0, 0.1) is 6.92 Å². The lowest BCUT2D eigenvalue weighted by molar-refractivity contribution is 0.0752. The summed E-state index contributed by atoms with van der Waals surface area (Å²) >= 11 is 0. The van der Waals surface area contributed by atoms with Gasteiger partial charge in [-0.15, -0.1) is 0 Å². The lowest BCUT2D eigenvalue weighted by Crippen LogP contribution is -2.22. The molecule has 1 atom stereocenters. The maximum Gasteiger partial charge on any atom is 0.181 e. The van der Waals surface area contributed by atoms with Gasteiger partial charge < -0.3 is 13.9 Å². The van der Waals surface area contributed by atoms with E-state index in [1.165, 1.54) is 18.9 Å². The van der Waals surface area contributed by atoms with Gasteiger partial charge in [-0.3, -0.25) is 0 Å². The van der Waals surface area contributed by atoms with Crippen LogP contribution in [0.5, 0.6) is 0 Å². The zero-order valence-corrected chi connectivity index (χ0v) is 8.02. The Balaban J connectivity index is 2.48. The van der Waals surface area contributed by atoms with Crippen molar-refractivity contribution < 1.29 is 13.9 Å². The molecule has 2 heterocycles. The van der Waals surface area contributed by atoms with Crippen LogP contribution >= 0.6 is 0 Å². The number of nitrogens with zero attached hydrogens (tertiary/aromatic N) is 1. The summed E-state index contributed by atoms with van der Waals surface area (Å²) in [6, 6.07) is 1.70. The summed E-state index contributed by atoms with van der Waals surface area (Å²) in [4.78, 5) is 3.94. The zero-order valence-electron chi connectivity index (χ0n) is 8.02. The van der Waals surface area contributed by atoms with Gasteiger partial charge in [0.15, 0.2) is 12.2 Å². The first kappa shape index (κ1) is 9.02. The third-order valence-corrected chi connectivity index (χ3v) is 2.27. The van der Waals surface area contributed by atoms with Gasteiger partial charge in [0.05, 0.1) is 18.2 Å². The Hall–Kier alpha value is -1.55. The van der Waals surface area contributed by atoms with Crippen molar-refractivity contribution in [1.29, 1.82) is 0 Å². The lowest BCUT2D eigenvalue weighted by atomic mass is 9.95.